The van der Waals surface area contributed by atoms with Crippen LogP contribution in [0.25, 0.3) is 11.1 Å². The van der Waals surface area contributed by atoms with Crippen LogP contribution in [0.1, 0.15) is 20.3 Å². The number of carbonyl (C=O) groups excluding carboxylic acids is 2. The summed E-state index contributed by atoms with van der Waals surface area (Å²) >= 11 is 0. The zero-order valence-electron chi connectivity index (χ0n) is 15.9. The Kier molecular flexibility index (Phi) is 7.31. The lowest BCUT2D eigenvalue weighted by atomic mass is 10.0. The van der Waals surface area contributed by atoms with Crippen LogP contribution < -0.4 is 15.8 Å². The van der Waals surface area contributed by atoms with Gasteiger partial charge in [-0.3, -0.25) is 9.59 Å². The molecule has 0 aliphatic rings. The first-order valence-corrected chi connectivity index (χ1v) is 10.4. The largest absolute Gasteiger partial charge is 0.368 e. The SMILES string of the molecule is CC(C)CC(NC(=O)CNS(=O)(=O)c1ccc(-c2ccccc2)cc1)C(N)=O. The normalized spacial score (nSPS) is 12.5. The van der Waals surface area contributed by atoms with E-state index in [4.69, 9.17) is 5.73 Å². The van der Waals surface area contributed by atoms with E-state index in [9.17, 15) is 18.0 Å². The molecule has 0 spiro atoms. The highest BCUT2D eigenvalue weighted by molar-refractivity contribution is 7.89. The summed E-state index contributed by atoms with van der Waals surface area (Å²) in [5, 5.41) is 2.46. The second kappa shape index (κ2) is 9.48. The van der Waals surface area contributed by atoms with Crippen LogP contribution in [0, 0.1) is 5.92 Å². The van der Waals surface area contributed by atoms with Crippen LogP contribution in [0.3, 0.4) is 0 Å². The lowest BCUT2D eigenvalue weighted by Gasteiger charge is -2.17. The van der Waals surface area contributed by atoms with Gasteiger partial charge in [-0.1, -0.05) is 56.3 Å². The first-order chi connectivity index (χ1) is 13.2. The van der Waals surface area contributed by atoms with Crippen molar-refractivity contribution < 1.29 is 18.0 Å². The number of carbonyl (C=O) groups is 2. The number of nitrogens with two attached hydrogens (primary N) is 1. The zero-order chi connectivity index (χ0) is 20.7. The van der Waals surface area contributed by atoms with E-state index >= 15 is 0 Å². The van der Waals surface area contributed by atoms with Crippen LogP contribution in [-0.4, -0.2) is 32.8 Å². The summed E-state index contributed by atoms with van der Waals surface area (Å²) in [6, 6.07) is 15.1. The molecule has 0 radical (unpaired) electrons. The van der Waals surface area contributed by atoms with Crippen LogP contribution in [-0.2, 0) is 19.6 Å². The maximum Gasteiger partial charge on any atom is 0.241 e. The average Bonchev–Trinajstić information content (AvgIpc) is 2.66. The Hall–Kier alpha value is -2.71. The van der Waals surface area contributed by atoms with Gasteiger partial charge in [-0.05, 0) is 35.6 Å². The van der Waals surface area contributed by atoms with Crippen LogP contribution in [0.15, 0.2) is 59.5 Å². The van der Waals surface area contributed by atoms with E-state index in [1.807, 2.05) is 44.2 Å². The molecule has 28 heavy (non-hydrogen) atoms. The van der Waals surface area contributed by atoms with Crippen molar-refractivity contribution in [3.05, 3.63) is 54.6 Å². The minimum Gasteiger partial charge on any atom is -0.368 e. The number of primary amides is 1. The summed E-state index contributed by atoms with van der Waals surface area (Å²) in [7, 11) is -3.86. The predicted molar refractivity (Wildman–Crippen MR) is 108 cm³/mol. The number of hydrogen-bond donors (Lipinski definition) is 3. The topological polar surface area (TPSA) is 118 Å². The van der Waals surface area contributed by atoms with Gasteiger partial charge >= 0.3 is 0 Å². The van der Waals surface area contributed by atoms with Crippen molar-refractivity contribution in [2.45, 2.75) is 31.2 Å². The molecule has 2 aromatic rings. The molecule has 0 bridgehead atoms. The molecule has 0 heterocycles. The average molecular weight is 404 g/mol. The Labute approximate surface area is 165 Å². The molecule has 1 atom stereocenters. The third-order valence-corrected chi connectivity index (χ3v) is 5.50. The Morgan fingerprint density at radius 2 is 1.54 bits per heavy atom. The van der Waals surface area contributed by atoms with Gasteiger partial charge in [0.1, 0.15) is 6.04 Å². The van der Waals surface area contributed by atoms with E-state index in [2.05, 4.69) is 10.0 Å². The van der Waals surface area contributed by atoms with Crippen molar-refractivity contribution in [1.82, 2.24) is 10.0 Å². The van der Waals surface area contributed by atoms with Crippen molar-refractivity contribution in [3.8, 4) is 11.1 Å². The summed E-state index contributed by atoms with van der Waals surface area (Å²) in [5.74, 6) is -1.12. The van der Waals surface area contributed by atoms with Gasteiger partial charge in [-0.2, -0.15) is 0 Å². The Morgan fingerprint density at radius 1 is 0.964 bits per heavy atom. The quantitative estimate of drug-likeness (QED) is 0.590. The maximum atomic E-state index is 12.4. The van der Waals surface area contributed by atoms with Crippen LogP contribution in [0.4, 0.5) is 0 Å². The molecule has 0 aromatic heterocycles. The van der Waals surface area contributed by atoms with E-state index in [-0.39, 0.29) is 10.8 Å². The van der Waals surface area contributed by atoms with Crippen molar-refractivity contribution >= 4 is 21.8 Å². The van der Waals surface area contributed by atoms with E-state index in [1.165, 1.54) is 12.1 Å². The van der Waals surface area contributed by atoms with Gasteiger partial charge in [-0.15, -0.1) is 0 Å². The van der Waals surface area contributed by atoms with E-state index < -0.39 is 34.4 Å². The first-order valence-electron chi connectivity index (χ1n) is 8.93. The van der Waals surface area contributed by atoms with E-state index in [0.717, 1.165) is 11.1 Å². The maximum absolute atomic E-state index is 12.4. The molecule has 1 unspecified atom stereocenters. The number of amides is 2. The second-order valence-corrected chi connectivity index (χ2v) is 8.63. The van der Waals surface area contributed by atoms with Crippen molar-refractivity contribution in [2.24, 2.45) is 11.7 Å². The third-order valence-electron chi connectivity index (χ3n) is 4.08. The van der Waals surface area contributed by atoms with E-state index in [0.29, 0.717) is 6.42 Å². The molecular formula is C20H25N3O4S. The predicted octanol–water partition coefficient (Wildman–Crippen LogP) is 1.65. The molecule has 7 nitrogen and oxygen atoms in total. The van der Waals surface area contributed by atoms with Gasteiger partial charge in [0.25, 0.3) is 0 Å². The molecule has 8 heteroatoms. The second-order valence-electron chi connectivity index (χ2n) is 6.87. The van der Waals surface area contributed by atoms with Gasteiger partial charge in [0.05, 0.1) is 11.4 Å². The number of hydrogen-bond acceptors (Lipinski definition) is 4. The summed E-state index contributed by atoms with van der Waals surface area (Å²) in [4.78, 5) is 23.5. The smallest absolute Gasteiger partial charge is 0.241 e. The van der Waals surface area contributed by atoms with Crippen molar-refractivity contribution in [3.63, 3.8) is 0 Å². The molecule has 0 aliphatic heterocycles. The Morgan fingerprint density at radius 3 is 2.07 bits per heavy atom. The number of rotatable bonds is 9. The van der Waals surface area contributed by atoms with Gasteiger partial charge < -0.3 is 11.1 Å². The minimum atomic E-state index is -3.86. The van der Waals surface area contributed by atoms with E-state index in [1.54, 1.807) is 12.1 Å². The molecule has 0 saturated carbocycles. The van der Waals surface area contributed by atoms with Crippen molar-refractivity contribution in [1.29, 1.82) is 0 Å². The van der Waals surface area contributed by atoms with Crippen LogP contribution in [0.5, 0.6) is 0 Å². The molecule has 0 aliphatic carbocycles. The molecule has 0 saturated heterocycles. The molecule has 2 amide bonds. The highest BCUT2D eigenvalue weighted by atomic mass is 32.2. The molecule has 4 N–H and O–H groups in total. The Bertz CT molecular complexity index is 910. The molecule has 2 aromatic carbocycles. The minimum absolute atomic E-state index is 0.0496. The molecule has 2 rings (SSSR count). The highest BCUT2D eigenvalue weighted by Crippen LogP contribution is 2.20. The van der Waals surface area contributed by atoms with Gasteiger partial charge in [0.15, 0.2) is 0 Å². The fourth-order valence-corrected chi connectivity index (χ4v) is 3.65. The van der Waals surface area contributed by atoms with Crippen LogP contribution in [0.2, 0.25) is 0 Å². The van der Waals surface area contributed by atoms with Gasteiger partial charge in [-0.25, -0.2) is 13.1 Å². The lowest BCUT2D eigenvalue weighted by Crippen LogP contribution is -2.48. The fourth-order valence-electron chi connectivity index (χ4n) is 2.66. The number of sulfonamides is 1. The summed E-state index contributed by atoms with van der Waals surface area (Å²) in [6.45, 7) is 3.30. The monoisotopic (exact) mass is 403 g/mol. The Balaban J connectivity index is 1.99. The first kappa shape index (κ1) is 21.6. The molecule has 0 fully saturated rings. The van der Waals surface area contributed by atoms with Gasteiger partial charge in [0.2, 0.25) is 21.8 Å². The highest BCUT2D eigenvalue weighted by Gasteiger charge is 2.21. The number of nitrogens with one attached hydrogen (secondary N) is 2. The lowest BCUT2D eigenvalue weighted by molar-refractivity contribution is -0.127. The summed E-state index contributed by atoms with van der Waals surface area (Å²) in [6.07, 6.45) is 0.384. The molecular weight excluding hydrogens is 378 g/mol. The zero-order valence-corrected chi connectivity index (χ0v) is 16.7. The fraction of sp³-hybridized carbons (Fsp3) is 0.300. The summed E-state index contributed by atoms with van der Waals surface area (Å²) < 4.78 is 27.0. The van der Waals surface area contributed by atoms with Gasteiger partial charge in [0, 0.05) is 0 Å². The third kappa shape index (κ3) is 6.17. The summed E-state index contributed by atoms with van der Waals surface area (Å²) in [5.41, 5.74) is 7.13. The number of benzene rings is 2. The van der Waals surface area contributed by atoms with Crippen LogP contribution >= 0.6 is 0 Å². The standard InChI is InChI=1S/C20H25N3O4S/c1-14(2)12-18(20(21)25)23-19(24)13-22-28(26,27)17-10-8-16(9-11-17)15-6-4-3-5-7-15/h3-11,14,18,22H,12-13H2,1-2H3,(H2,21,25)(H,23,24). The van der Waals surface area contributed by atoms with Crippen molar-refractivity contribution in [2.75, 3.05) is 6.54 Å². The molecule has 150 valence electrons.